The van der Waals surface area contributed by atoms with Gasteiger partial charge in [-0.15, -0.1) is 0 Å². The van der Waals surface area contributed by atoms with Gasteiger partial charge in [-0.2, -0.15) is 0 Å². The van der Waals surface area contributed by atoms with E-state index in [4.69, 9.17) is 9.15 Å². The Hall–Kier alpha value is -2.63. The maximum atomic E-state index is 12.6. The topological polar surface area (TPSA) is 62.9 Å². The Kier molecular flexibility index (Phi) is 4.26. The molecule has 0 amide bonds. The first kappa shape index (κ1) is 15.9. The fourth-order valence-corrected chi connectivity index (χ4v) is 3.12. The molecule has 5 heteroatoms. The highest BCUT2D eigenvalue weighted by atomic mass is 16.5. The van der Waals surface area contributed by atoms with Crippen LogP contribution in [-0.4, -0.2) is 31.4 Å². The van der Waals surface area contributed by atoms with Gasteiger partial charge in [-0.25, -0.2) is 0 Å². The second-order valence-electron chi connectivity index (χ2n) is 6.09. The largest absolute Gasteiger partial charge is 0.440 e. The SMILES string of the molecule is O=c1cc(N2CCOCC2)oc2c(-c3ccc(CO)cc3)cccc12. The maximum Gasteiger partial charge on any atom is 0.200 e. The second-order valence-corrected chi connectivity index (χ2v) is 6.09. The normalized spacial score (nSPS) is 14.8. The van der Waals surface area contributed by atoms with Crippen molar-refractivity contribution < 1.29 is 14.3 Å². The number of fused-ring (bicyclic) bond motifs is 1. The quantitative estimate of drug-likeness (QED) is 0.796. The molecule has 1 aliphatic rings. The lowest BCUT2D eigenvalue weighted by molar-refractivity contribution is 0.121. The Morgan fingerprint density at radius 1 is 1.04 bits per heavy atom. The summed E-state index contributed by atoms with van der Waals surface area (Å²) in [6.45, 7) is 2.69. The fraction of sp³-hybridized carbons (Fsp3) is 0.250. The van der Waals surface area contributed by atoms with Gasteiger partial charge in [-0.3, -0.25) is 4.79 Å². The van der Waals surface area contributed by atoms with Crippen LogP contribution in [0.1, 0.15) is 5.56 Å². The Morgan fingerprint density at radius 2 is 1.80 bits per heavy atom. The maximum absolute atomic E-state index is 12.6. The average Bonchev–Trinajstić information content (AvgIpc) is 2.68. The van der Waals surface area contributed by atoms with E-state index in [1.165, 1.54) is 0 Å². The smallest absolute Gasteiger partial charge is 0.200 e. The lowest BCUT2D eigenvalue weighted by Crippen LogP contribution is -2.36. The molecule has 0 aliphatic carbocycles. The van der Waals surface area contributed by atoms with Crippen LogP contribution in [0, 0.1) is 0 Å². The molecule has 0 radical (unpaired) electrons. The molecule has 2 aromatic carbocycles. The van der Waals surface area contributed by atoms with Gasteiger partial charge in [0.2, 0.25) is 0 Å². The van der Waals surface area contributed by atoms with E-state index in [1.807, 2.05) is 41.3 Å². The minimum Gasteiger partial charge on any atom is -0.440 e. The van der Waals surface area contributed by atoms with E-state index in [0.717, 1.165) is 16.7 Å². The molecule has 0 unspecified atom stereocenters. The third kappa shape index (κ3) is 3.04. The number of ether oxygens (including phenoxy) is 1. The van der Waals surface area contributed by atoms with E-state index in [2.05, 4.69) is 0 Å². The number of aliphatic hydroxyl groups is 1. The molecule has 2 heterocycles. The van der Waals surface area contributed by atoms with E-state index < -0.39 is 0 Å². The molecule has 3 aromatic rings. The predicted molar refractivity (Wildman–Crippen MR) is 96.9 cm³/mol. The summed E-state index contributed by atoms with van der Waals surface area (Å²) in [4.78, 5) is 14.6. The molecule has 1 saturated heterocycles. The minimum atomic E-state index is -0.0448. The summed E-state index contributed by atoms with van der Waals surface area (Å²) in [5.41, 5.74) is 3.21. The third-order valence-electron chi connectivity index (χ3n) is 4.51. The van der Waals surface area contributed by atoms with Crippen molar-refractivity contribution in [3.63, 3.8) is 0 Å². The van der Waals surface area contributed by atoms with Gasteiger partial charge < -0.3 is 19.2 Å². The van der Waals surface area contributed by atoms with Crippen LogP contribution in [0.5, 0.6) is 0 Å². The van der Waals surface area contributed by atoms with Crippen LogP contribution in [0.3, 0.4) is 0 Å². The summed E-state index contributed by atoms with van der Waals surface area (Å²) in [6, 6.07) is 14.8. The summed E-state index contributed by atoms with van der Waals surface area (Å²) in [5, 5.41) is 9.78. The Balaban J connectivity index is 1.86. The van der Waals surface area contributed by atoms with E-state index in [0.29, 0.717) is 43.2 Å². The van der Waals surface area contributed by atoms with Gasteiger partial charge in [0, 0.05) is 24.7 Å². The molecule has 25 heavy (non-hydrogen) atoms. The molecule has 1 fully saturated rings. The predicted octanol–water partition coefficient (Wildman–Crippen LogP) is 2.79. The molecule has 0 bridgehead atoms. The van der Waals surface area contributed by atoms with Crippen LogP contribution >= 0.6 is 0 Å². The number of morpholine rings is 1. The molecule has 0 spiro atoms. The zero-order valence-corrected chi connectivity index (χ0v) is 13.8. The average molecular weight is 337 g/mol. The lowest BCUT2D eigenvalue weighted by atomic mass is 10.0. The molecular formula is C20H19NO4. The lowest BCUT2D eigenvalue weighted by Gasteiger charge is -2.27. The van der Waals surface area contributed by atoms with E-state index >= 15 is 0 Å². The number of benzene rings is 2. The van der Waals surface area contributed by atoms with Crippen molar-refractivity contribution in [2.45, 2.75) is 6.61 Å². The molecule has 1 aromatic heterocycles. The molecular weight excluding hydrogens is 318 g/mol. The summed E-state index contributed by atoms with van der Waals surface area (Å²) >= 11 is 0. The Morgan fingerprint density at radius 3 is 2.52 bits per heavy atom. The number of hydrogen-bond donors (Lipinski definition) is 1. The highest BCUT2D eigenvalue weighted by Crippen LogP contribution is 2.30. The van der Waals surface area contributed by atoms with Gasteiger partial charge in [0.1, 0.15) is 5.58 Å². The van der Waals surface area contributed by atoms with Crippen LogP contribution in [0.15, 0.2) is 57.7 Å². The van der Waals surface area contributed by atoms with Crippen molar-refractivity contribution in [1.29, 1.82) is 0 Å². The zero-order valence-electron chi connectivity index (χ0n) is 13.8. The molecule has 1 aliphatic heterocycles. The highest BCUT2D eigenvalue weighted by Gasteiger charge is 2.17. The van der Waals surface area contributed by atoms with E-state index in [9.17, 15) is 9.90 Å². The number of para-hydroxylation sites is 1. The molecule has 128 valence electrons. The third-order valence-corrected chi connectivity index (χ3v) is 4.51. The van der Waals surface area contributed by atoms with Gasteiger partial charge in [0.05, 0.1) is 25.2 Å². The first-order valence-electron chi connectivity index (χ1n) is 8.36. The van der Waals surface area contributed by atoms with Crippen LogP contribution in [0.4, 0.5) is 5.88 Å². The van der Waals surface area contributed by atoms with E-state index in [-0.39, 0.29) is 12.0 Å². The molecule has 0 atom stereocenters. The zero-order chi connectivity index (χ0) is 17.2. The van der Waals surface area contributed by atoms with Crippen molar-refractivity contribution in [3.8, 4) is 11.1 Å². The fourth-order valence-electron chi connectivity index (χ4n) is 3.12. The summed E-state index contributed by atoms with van der Waals surface area (Å²) in [5.74, 6) is 0.584. The highest BCUT2D eigenvalue weighted by molar-refractivity contribution is 5.92. The number of aliphatic hydroxyl groups excluding tert-OH is 1. The van der Waals surface area contributed by atoms with Crippen LogP contribution in [-0.2, 0) is 11.3 Å². The van der Waals surface area contributed by atoms with Crippen LogP contribution in [0.25, 0.3) is 22.1 Å². The standard InChI is InChI=1S/C20H19NO4/c22-13-14-4-6-15(7-5-14)16-2-1-3-17-18(23)12-19(25-20(16)17)21-8-10-24-11-9-21/h1-7,12,22H,8-11,13H2. The number of hydrogen-bond acceptors (Lipinski definition) is 5. The monoisotopic (exact) mass is 337 g/mol. The molecule has 4 rings (SSSR count). The van der Waals surface area contributed by atoms with Crippen molar-refractivity contribution in [2.24, 2.45) is 0 Å². The van der Waals surface area contributed by atoms with Crippen molar-refractivity contribution >= 4 is 16.9 Å². The number of rotatable bonds is 3. The number of nitrogens with zero attached hydrogens (tertiary/aromatic N) is 1. The Labute approximate surface area is 145 Å². The molecule has 1 N–H and O–H groups in total. The summed E-state index contributed by atoms with van der Waals surface area (Å²) in [6.07, 6.45) is 0. The Bertz CT molecular complexity index is 940. The molecule has 5 nitrogen and oxygen atoms in total. The minimum absolute atomic E-state index is 0.00603. The second kappa shape index (κ2) is 6.70. The molecule has 0 saturated carbocycles. The first-order valence-corrected chi connectivity index (χ1v) is 8.36. The summed E-state index contributed by atoms with van der Waals surface area (Å²) in [7, 11) is 0. The van der Waals surface area contributed by atoms with Crippen molar-refractivity contribution in [2.75, 3.05) is 31.2 Å². The number of anilines is 1. The van der Waals surface area contributed by atoms with Gasteiger partial charge in [0.15, 0.2) is 11.3 Å². The van der Waals surface area contributed by atoms with Crippen molar-refractivity contribution in [1.82, 2.24) is 0 Å². The van der Waals surface area contributed by atoms with Gasteiger partial charge in [0.25, 0.3) is 0 Å². The van der Waals surface area contributed by atoms with Crippen LogP contribution in [0.2, 0.25) is 0 Å². The van der Waals surface area contributed by atoms with Crippen molar-refractivity contribution in [3.05, 3.63) is 64.3 Å². The van der Waals surface area contributed by atoms with Gasteiger partial charge >= 0.3 is 0 Å². The summed E-state index contributed by atoms with van der Waals surface area (Å²) < 4.78 is 11.5. The van der Waals surface area contributed by atoms with Gasteiger partial charge in [-0.1, -0.05) is 36.4 Å². The van der Waals surface area contributed by atoms with E-state index in [1.54, 1.807) is 12.1 Å². The van der Waals surface area contributed by atoms with Crippen LogP contribution < -0.4 is 10.3 Å². The first-order chi connectivity index (χ1) is 12.3. The van der Waals surface area contributed by atoms with Gasteiger partial charge in [-0.05, 0) is 17.2 Å².